The number of allylic oxidation sites excluding steroid dienone is 2. The molecule has 3 saturated carbocycles. The smallest absolute Gasteiger partial charge is 0.133 e. The molecule has 0 saturated heterocycles. The van der Waals surface area contributed by atoms with Crippen molar-refractivity contribution in [2.75, 3.05) is 0 Å². The van der Waals surface area contributed by atoms with Gasteiger partial charge in [-0.25, -0.2) is 0 Å². The number of halogens is 1. The van der Waals surface area contributed by atoms with E-state index in [0.717, 1.165) is 30.6 Å². The third-order valence-corrected chi connectivity index (χ3v) is 9.28. The monoisotopic (exact) mass is 384 g/mol. The summed E-state index contributed by atoms with van der Waals surface area (Å²) >= 11 is 2.59. The van der Waals surface area contributed by atoms with E-state index in [4.69, 9.17) is 0 Å². The molecule has 0 bridgehead atoms. The van der Waals surface area contributed by atoms with Crippen molar-refractivity contribution in [3.63, 3.8) is 0 Å². The van der Waals surface area contributed by atoms with Crippen LogP contribution in [0.3, 0.4) is 0 Å². The van der Waals surface area contributed by atoms with Crippen LogP contribution in [0.1, 0.15) is 58.8 Å². The fraction of sp³-hybridized carbons (Fsp3) is 0.833. The molecule has 1 nitrogen and oxygen atoms in total. The number of Topliss-reactive ketones (excluding diaryl/α,β-unsaturated/α-hetero) is 1. The standard InChI is InChI=1S/C18H25IO/c1-17-8-7-15-13(14(17)5-6-16(17)19)4-3-11-9-12(20)10-18(11,15)2/h6,11,13-15H,3-5,7-10H2,1-2H3/t11?,13-,14-,15-,17-,18-/m0/s1. The van der Waals surface area contributed by atoms with E-state index in [-0.39, 0.29) is 0 Å². The maximum atomic E-state index is 12.0. The van der Waals surface area contributed by atoms with E-state index in [1.54, 1.807) is 3.58 Å². The van der Waals surface area contributed by atoms with Crippen molar-refractivity contribution in [2.45, 2.75) is 58.8 Å². The molecule has 0 aromatic rings. The number of rotatable bonds is 0. The summed E-state index contributed by atoms with van der Waals surface area (Å²) in [5, 5.41) is 0. The predicted molar refractivity (Wildman–Crippen MR) is 89.6 cm³/mol. The summed E-state index contributed by atoms with van der Waals surface area (Å²) in [4.78, 5) is 12.0. The van der Waals surface area contributed by atoms with E-state index in [2.05, 4.69) is 42.5 Å². The Labute approximate surface area is 136 Å². The fourth-order valence-electron chi connectivity index (χ4n) is 6.43. The molecule has 110 valence electrons. The van der Waals surface area contributed by atoms with Crippen LogP contribution in [0.15, 0.2) is 9.66 Å². The second-order valence-corrected chi connectivity index (χ2v) is 9.48. The highest BCUT2D eigenvalue weighted by atomic mass is 127. The second kappa shape index (κ2) is 4.33. The van der Waals surface area contributed by atoms with Gasteiger partial charge in [-0.1, -0.05) is 19.9 Å². The van der Waals surface area contributed by atoms with E-state index in [1.165, 1.54) is 32.1 Å². The lowest BCUT2D eigenvalue weighted by atomic mass is 9.48. The van der Waals surface area contributed by atoms with Crippen LogP contribution in [0.4, 0.5) is 0 Å². The Morgan fingerprint density at radius 1 is 1.20 bits per heavy atom. The average molecular weight is 384 g/mol. The van der Waals surface area contributed by atoms with Crippen LogP contribution in [0, 0.1) is 34.5 Å². The van der Waals surface area contributed by atoms with Crippen LogP contribution in [0.2, 0.25) is 0 Å². The molecule has 3 fully saturated rings. The van der Waals surface area contributed by atoms with Crippen molar-refractivity contribution in [3.8, 4) is 0 Å². The maximum absolute atomic E-state index is 12.0. The Morgan fingerprint density at radius 3 is 2.80 bits per heavy atom. The van der Waals surface area contributed by atoms with Crippen molar-refractivity contribution >= 4 is 28.4 Å². The van der Waals surface area contributed by atoms with Gasteiger partial charge >= 0.3 is 0 Å². The van der Waals surface area contributed by atoms with Gasteiger partial charge in [0.25, 0.3) is 0 Å². The van der Waals surface area contributed by atoms with Crippen molar-refractivity contribution in [1.29, 1.82) is 0 Å². The van der Waals surface area contributed by atoms with Gasteiger partial charge in [-0.2, -0.15) is 0 Å². The summed E-state index contributed by atoms with van der Waals surface area (Å²) in [7, 11) is 0. The van der Waals surface area contributed by atoms with Gasteiger partial charge in [-0.3, -0.25) is 4.79 Å². The van der Waals surface area contributed by atoms with Gasteiger partial charge in [0.15, 0.2) is 0 Å². The zero-order chi connectivity index (χ0) is 14.1. The predicted octanol–water partition coefficient (Wildman–Crippen LogP) is 5.14. The zero-order valence-corrected chi connectivity index (χ0v) is 14.8. The molecular formula is C18H25IO. The van der Waals surface area contributed by atoms with E-state index in [1.807, 2.05) is 0 Å². The Bertz CT molecular complexity index is 496. The van der Waals surface area contributed by atoms with Crippen molar-refractivity contribution in [1.82, 2.24) is 0 Å². The first-order valence-corrected chi connectivity index (χ1v) is 9.41. The number of ketones is 1. The molecule has 0 aromatic heterocycles. The van der Waals surface area contributed by atoms with Gasteiger partial charge in [-0.15, -0.1) is 0 Å². The molecular weight excluding hydrogens is 359 g/mol. The summed E-state index contributed by atoms with van der Waals surface area (Å²) < 4.78 is 1.62. The van der Waals surface area contributed by atoms with Crippen molar-refractivity contribution in [3.05, 3.63) is 9.66 Å². The average Bonchev–Trinajstić information content (AvgIpc) is 2.86. The molecule has 0 spiro atoms. The summed E-state index contributed by atoms with van der Waals surface area (Å²) in [6, 6.07) is 0. The lowest BCUT2D eigenvalue weighted by Crippen LogP contribution is -2.49. The summed E-state index contributed by atoms with van der Waals surface area (Å²) in [5.74, 6) is 3.81. The molecule has 6 atom stereocenters. The topological polar surface area (TPSA) is 17.1 Å². The number of hydrogen-bond acceptors (Lipinski definition) is 1. The van der Waals surface area contributed by atoms with Gasteiger partial charge in [-0.05, 0) is 87.4 Å². The normalized spacial score (nSPS) is 54.1. The second-order valence-electron chi connectivity index (χ2n) is 8.32. The van der Waals surface area contributed by atoms with Gasteiger partial charge < -0.3 is 0 Å². The van der Waals surface area contributed by atoms with Crippen molar-refractivity contribution < 1.29 is 4.79 Å². The van der Waals surface area contributed by atoms with Crippen molar-refractivity contribution in [2.24, 2.45) is 34.5 Å². The van der Waals surface area contributed by atoms with Gasteiger partial charge in [0.05, 0.1) is 0 Å². The lowest BCUT2D eigenvalue weighted by molar-refractivity contribution is -0.118. The van der Waals surface area contributed by atoms with Crippen LogP contribution in [0.25, 0.3) is 0 Å². The third kappa shape index (κ3) is 1.63. The first kappa shape index (κ1) is 13.8. The molecule has 1 unspecified atom stereocenters. The quantitative estimate of drug-likeness (QED) is 0.529. The van der Waals surface area contributed by atoms with E-state index in [9.17, 15) is 4.79 Å². The Hall–Kier alpha value is 0.140. The number of fused-ring (bicyclic) bond motifs is 5. The Morgan fingerprint density at radius 2 is 2.00 bits per heavy atom. The molecule has 4 aliphatic carbocycles. The third-order valence-electron chi connectivity index (χ3n) is 7.60. The number of carbonyl (C=O) groups excluding carboxylic acids is 1. The molecule has 2 heteroatoms. The Kier molecular flexibility index (Phi) is 2.98. The molecule has 0 heterocycles. The lowest BCUT2D eigenvalue weighted by Gasteiger charge is -2.56. The molecule has 4 rings (SSSR count). The van der Waals surface area contributed by atoms with E-state index >= 15 is 0 Å². The fourth-order valence-corrected chi connectivity index (χ4v) is 7.36. The highest BCUT2D eigenvalue weighted by Gasteiger charge is 2.59. The maximum Gasteiger partial charge on any atom is 0.133 e. The summed E-state index contributed by atoms with van der Waals surface area (Å²) in [6.45, 7) is 4.96. The molecule has 0 aliphatic heterocycles. The van der Waals surface area contributed by atoms with Crippen LogP contribution in [0.5, 0.6) is 0 Å². The highest BCUT2D eigenvalue weighted by molar-refractivity contribution is 14.1. The number of hydrogen-bond donors (Lipinski definition) is 0. The largest absolute Gasteiger partial charge is 0.300 e. The van der Waals surface area contributed by atoms with Gasteiger partial charge in [0.2, 0.25) is 0 Å². The molecule has 0 aromatic carbocycles. The number of carbonyl (C=O) groups is 1. The molecule has 0 N–H and O–H groups in total. The Balaban J connectivity index is 1.68. The van der Waals surface area contributed by atoms with Crippen LogP contribution in [-0.2, 0) is 4.79 Å². The first-order chi connectivity index (χ1) is 9.45. The van der Waals surface area contributed by atoms with Crippen LogP contribution in [-0.4, -0.2) is 5.78 Å². The minimum Gasteiger partial charge on any atom is -0.300 e. The molecule has 4 aliphatic rings. The minimum absolute atomic E-state index is 0.343. The van der Waals surface area contributed by atoms with Gasteiger partial charge in [0, 0.05) is 18.3 Å². The SMILES string of the molecule is C[C@]12CC(=O)CC1CC[C@@H]1[C@@H]2CC[C@]2(C)C(I)=CC[C@@H]12. The van der Waals surface area contributed by atoms with E-state index < -0.39 is 0 Å². The summed E-state index contributed by atoms with van der Waals surface area (Å²) in [6.07, 6.45) is 11.0. The highest BCUT2D eigenvalue weighted by Crippen LogP contribution is 2.67. The molecule has 20 heavy (non-hydrogen) atoms. The van der Waals surface area contributed by atoms with Crippen LogP contribution >= 0.6 is 22.6 Å². The molecule has 0 radical (unpaired) electrons. The van der Waals surface area contributed by atoms with Crippen LogP contribution < -0.4 is 0 Å². The first-order valence-electron chi connectivity index (χ1n) is 8.33. The van der Waals surface area contributed by atoms with E-state index in [0.29, 0.717) is 22.5 Å². The molecule has 0 amide bonds. The summed E-state index contributed by atoms with van der Waals surface area (Å²) in [5.41, 5.74) is 0.808. The minimum atomic E-state index is 0.343. The van der Waals surface area contributed by atoms with Gasteiger partial charge in [0.1, 0.15) is 5.78 Å². The zero-order valence-electron chi connectivity index (χ0n) is 12.6.